The maximum Gasteiger partial charge on any atom is 0.422 e. The lowest BCUT2D eigenvalue weighted by Gasteiger charge is -2.40. The lowest BCUT2D eigenvalue weighted by atomic mass is 9.93. The normalized spacial score (nSPS) is 20.2. The summed E-state index contributed by atoms with van der Waals surface area (Å²) < 4.78 is 81.0. The van der Waals surface area contributed by atoms with Gasteiger partial charge in [-0.05, 0) is 25.1 Å². The van der Waals surface area contributed by atoms with Crippen molar-refractivity contribution in [2.75, 3.05) is 24.7 Å². The molecule has 0 aliphatic carbocycles. The highest BCUT2D eigenvalue weighted by Crippen LogP contribution is 2.31. The fourth-order valence-corrected chi connectivity index (χ4v) is 4.48. The third kappa shape index (κ3) is 5.47. The van der Waals surface area contributed by atoms with Gasteiger partial charge < -0.3 is 15.4 Å². The molecule has 1 saturated heterocycles. The van der Waals surface area contributed by atoms with Gasteiger partial charge in [-0.3, -0.25) is 10.2 Å². The zero-order valence-electron chi connectivity index (χ0n) is 17.2. The first-order valence-corrected chi connectivity index (χ1v) is 10.8. The number of sulfonamides is 1. The van der Waals surface area contributed by atoms with E-state index < -0.39 is 57.6 Å². The lowest BCUT2D eigenvalue weighted by Crippen LogP contribution is -2.61. The molecule has 1 aromatic carbocycles. The van der Waals surface area contributed by atoms with Crippen molar-refractivity contribution in [2.45, 2.75) is 18.6 Å². The number of benzene rings is 1. The molecule has 0 saturated carbocycles. The van der Waals surface area contributed by atoms with Gasteiger partial charge in [0.2, 0.25) is 21.8 Å². The maximum absolute atomic E-state index is 14.6. The highest BCUT2D eigenvalue weighted by atomic mass is 32.2. The fourth-order valence-electron chi connectivity index (χ4n) is 3.01. The van der Waals surface area contributed by atoms with E-state index in [1.54, 1.807) is 0 Å². The smallest absolute Gasteiger partial charge is 0.422 e. The number of carbonyl (C=O) groups is 1. The Balaban J connectivity index is 1.79. The molecule has 0 spiro atoms. The van der Waals surface area contributed by atoms with Crippen LogP contribution in [0.4, 0.5) is 23.2 Å². The Bertz CT molecular complexity index is 1190. The number of nitrogens with zero attached hydrogens (tertiary/aromatic N) is 3. The lowest BCUT2D eigenvalue weighted by molar-refractivity contribution is -0.153. The summed E-state index contributed by atoms with van der Waals surface area (Å²) in [5, 5.41) is 12.9. The van der Waals surface area contributed by atoms with Crippen LogP contribution in [0.2, 0.25) is 0 Å². The van der Waals surface area contributed by atoms with Crippen molar-refractivity contribution in [1.82, 2.24) is 19.6 Å². The largest absolute Gasteiger partial charge is 0.481 e. The second-order valence-corrected chi connectivity index (χ2v) is 9.32. The summed E-state index contributed by atoms with van der Waals surface area (Å²) in [5.74, 6) is -3.30. The molecular weight excluding hydrogens is 472 g/mol. The number of amides is 1. The van der Waals surface area contributed by atoms with Gasteiger partial charge in [-0.25, -0.2) is 27.1 Å². The Hall–Kier alpha value is -3.49. The van der Waals surface area contributed by atoms with Gasteiger partial charge in [0.05, 0.1) is 23.7 Å². The first-order valence-electron chi connectivity index (χ1n) is 9.16. The minimum absolute atomic E-state index is 0.0725. The topological polar surface area (TPSA) is 137 Å². The molecular formula is C18H18F4N6O4S. The number of ether oxygens (including phenoxy) is 1. The van der Waals surface area contributed by atoms with E-state index in [0.717, 1.165) is 22.8 Å². The number of aromatic nitrogens is 2. The van der Waals surface area contributed by atoms with Crippen molar-refractivity contribution in [3.63, 3.8) is 0 Å². The quantitative estimate of drug-likeness (QED) is 0.544. The van der Waals surface area contributed by atoms with Crippen LogP contribution in [0, 0.1) is 11.2 Å². The molecule has 1 fully saturated rings. The minimum atomic E-state index is -4.55. The summed E-state index contributed by atoms with van der Waals surface area (Å²) in [4.78, 5) is 19.7. The van der Waals surface area contributed by atoms with Crippen LogP contribution in [-0.2, 0) is 15.6 Å². The Morgan fingerprint density at radius 1 is 1.33 bits per heavy atom. The summed E-state index contributed by atoms with van der Waals surface area (Å²) in [6, 6.07) is 3.44. The molecule has 0 radical (unpaired) electrons. The Morgan fingerprint density at radius 3 is 2.55 bits per heavy atom. The van der Waals surface area contributed by atoms with Gasteiger partial charge in [0, 0.05) is 18.3 Å². The van der Waals surface area contributed by atoms with Gasteiger partial charge in [0.1, 0.15) is 5.82 Å². The molecule has 3 rings (SSSR count). The number of guanidine groups is 1. The monoisotopic (exact) mass is 490 g/mol. The number of carbonyl (C=O) groups excluding carboxylic acids is 1. The van der Waals surface area contributed by atoms with Crippen LogP contribution in [0.5, 0.6) is 5.75 Å². The predicted molar refractivity (Wildman–Crippen MR) is 108 cm³/mol. The zero-order valence-corrected chi connectivity index (χ0v) is 18.0. The van der Waals surface area contributed by atoms with Crippen LogP contribution >= 0.6 is 0 Å². The molecule has 1 aliphatic rings. The number of hydrogen-bond donors (Lipinski definition) is 3. The van der Waals surface area contributed by atoms with Crippen molar-refractivity contribution >= 4 is 27.6 Å². The number of alkyl halides is 3. The van der Waals surface area contributed by atoms with E-state index >= 15 is 0 Å². The van der Waals surface area contributed by atoms with E-state index in [4.69, 9.17) is 5.41 Å². The van der Waals surface area contributed by atoms with Gasteiger partial charge in [-0.2, -0.15) is 13.2 Å². The standard InChI is InChI=1S/C18H18F4N6O4S/c1-17(9-33(30,31)28(2)16(23)27-17)12-5-10(3-4-13(12)19)26-15(29)14-24-6-11(7-25-14)32-8-18(20,21)22/h3-7H,8-9H2,1-2H3,(H2,23,27)(H,26,29)/t17-/m0/s1. The molecule has 178 valence electrons. The molecule has 2 aromatic rings. The third-order valence-corrected chi connectivity index (χ3v) is 6.61. The molecule has 2 heterocycles. The van der Waals surface area contributed by atoms with Crippen LogP contribution in [-0.4, -0.2) is 60.1 Å². The van der Waals surface area contributed by atoms with Crippen molar-refractivity contribution < 1.29 is 35.5 Å². The number of rotatable bonds is 5. The highest BCUT2D eigenvalue weighted by molar-refractivity contribution is 7.89. The Labute approximate surface area is 185 Å². The van der Waals surface area contributed by atoms with Crippen LogP contribution in [0.25, 0.3) is 0 Å². The van der Waals surface area contributed by atoms with Gasteiger partial charge in [0.15, 0.2) is 12.4 Å². The summed E-state index contributed by atoms with van der Waals surface area (Å²) in [6.45, 7) is -0.144. The third-order valence-electron chi connectivity index (χ3n) is 4.65. The Kier molecular flexibility index (Phi) is 6.19. The van der Waals surface area contributed by atoms with Gasteiger partial charge in [-0.15, -0.1) is 0 Å². The van der Waals surface area contributed by atoms with Crippen molar-refractivity contribution in [3.8, 4) is 5.75 Å². The van der Waals surface area contributed by atoms with Gasteiger partial charge in [-0.1, -0.05) is 0 Å². The van der Waals surface area contributed by atoms with E-state index in [-0.39, 0.29) is 17.0 Å². The maximum atomic E-state index is 14.6. The summed E-state index contributed by atoms with van der Waals surface area (Å²) in [7, 11) is -2.70. The van der Waals surface area contributed by atoms with E-state index in [9.17, 15) is 30.8 Å². The summed E-state index contributed by atoms with van der Waals surface area (Å²) in [6.07, 6.45) is -2.76. The molecule has 1 aromatic heterocycles. The van der Waals surface area contributed by atoms with Crippen molar-refractivity contribution in [1.29, 1.82) is 5.41 Å². The second-order valence-electron chi connectivity index (χ2n) is 7.32. The summed E-state index contributed by atoms with van der Waals surface area (Å²) in [5.41, 5.74) is -1.54. The molecule has 0 bridgehead atoms. The second kappa shape index (κ2) is 8.46. The van der Waals surface area contributed by atoms with E-state index in [1.165, 1.54) is 26.1 Å². The average molecular weight is 490 g/mol. The predicted octanol–water partition coefficient (Wildman–Crippen LogP) is 1.82. The Morgan fingerprint density at radius 2 is 1.97 bits per heavy atom. The fraction of sp³-hybridized carbons (Fsp3) is 0.333. The van der Waals surface area contributed by atoms with Gasteiger partial charge >= 0.3 is 6.18 Å². The molecule has 1 atom stereocenters. The van der Waals surface area contributed by atoms with Crippen LogP contribution in [0.15, 0.2) is 30.6 Å². The molecule has 0 unspecified atom stereocenters. The average Bonchev–Trinajstić information content (AvgIpc) is 2.71. The van der Waals surface area contributed by atoms with E-state index in [2.05, 4.69) is 25.3 Å². The van der Waals surface area contributed by atoms with E-state index in [0.29, 0.717) is 0 Å². The molecule has 33 heavy (non-hydrogen) atoms. The molecule has 3 N–H and O–H groups in total. The number of halogens is 4. The summed E-state index contributed by atoms with van der Waals surface area (Å²) >= 11 is 0. The molecule has 15 heteroatoms. The number of hydrogen-bond acceptors (Lipinski definition) is 7. The number of anilines is 1. The van der Waals surface area contributed by atoms with Crippen molar-refractivity contribution in [3.05, 3.63) is 47.8 Å². The van der Waals surface area contributed by atoms with Crippen LogP contribution in [0.3, 0.4) is 0 Å². The first-order chi connectivity index (χ1) is 15.2. The molecule has 1 amide bonds. The molecule has 10 nitrogen and oxygen atoms in total. The number of nitrogens with one attached hydrogen (secondary N) is 3. The first kappa shape index (κ1) is 24.2. The van der Waals surface area contributed by atoms with Crippen LogP contribution in [0.1, 0.15) is 23.1 Å². The minimum Gasteiger partial charge on any atom is -0.481 e. The highest BCUT2D eigenvalue weighted by Gasteiger charge is 2.43. The van der Waals surface area contributed by atoms with Crippen LogP contribution < -0.4 is 15.4 Å². The van der Waals surface area contributed by atoms with Crippen molar-refractivity contribution in [2.24, 2.45) is 0 Å². The SMILES string of the molecule is CN1C(=N)N[C@](C)(c2cc(NC(=O)c3ncc(OCC(F)(F)F)cn3)ccc2F)CS1(=O)=O. The van der Waals surface area contributed by atoms with E-state index in [1.807, 2.05) is 0 Å². The van der Waals surface area contributed by atoms with Gasteiger partial charge in [0.25, 0.3) is 5.91 Å². The zero-order chi connectivity index (χ0) is 24.6. The molecule has 1 aliphatic heterocycles.